The van der Waals surface area contributed by atoms with E-state index in [1.54, 1.807) is 11.1 Å². The van der Waals surface area contributed by atoms with Crippen molar-refractivity contribution in [2.75, 3.05) is 38.5 Å². The zero-order valence-electron chi connectivity index (χ0n) is 24.4. The van der Waals surface area contributed by atoms with Gasteiger partial charge in [0.25, 0.3) is 5.91 Å². The van der Waals surface area contributed by atoms with Crippen LogP contribution in [0.25, 0.3) is 10.8 Å². The second-order valence-electron chi connectivity index (χ2n) is 9.51. The van der Waals surface area contributed by atoms with Crippen molar-refractivity contribution in [2.45, 2.75) is 38.2 Å². The number of alkyl halides is 6. The van der Waals surface area contributed by atoms with Gasteiger partial charge in [-0.2, -0.15) is 26.3 Å². The number of likely N-dealkylation sites (N-methyl/N-ethyl adjacent to an activating group) is 1. The largest absolute Gasteiger partial charge is 0.492 e. The van der Waals surface area contributed by atoms with Crippen molar-refractivity contribution in [1.29, 1.82) is 0 Å². The maximum Gasteiger partial charge on any atom is 0.490 e. The van der Waals surface area contributed by atoms with E-state index in [4.69, 9.17) is 35.0 Å². The molecule has 11 nitrogen and oxygen atoms in total. The van der Waals surface area contributed by atoms with E-state index in [9.17, 15) is 31.1 Å². The van der Waals surface area contributed by atoms with Gasteiger partial charge in [-0.15, -0.1) is 0 Å². The number of halogens is 6. The minimum Gasteiger partial charge on any atom is -0.492 e. The van der Waals surface area contributed by atoms with Crippen molar-refractivity contribution in [3.05, 3.63) is 60.3 Å². The minimum absolute atomic E-state index is 0.0172. The molecule has 1 aliphatic rings. The Morgan fingerprint density at radius 1 is 0.935 bits per heavy atom. The van der Waals surface area contributed by atoms with Gasteiger partial charge >= 0.3 is 24.3 Å². The predicted octanol–water partition coefficient (Wildman–Crippen LogP) is 4.76. The summed E-state index contributed by atoms with van der Waals surface area (Å²) < 4.78 is 75.4. The molecule has 2 aromatic carbocycles. The predicted molar refractivity (Wildman–Crippen MR) is 154 cm³/mol. The summed E-state index contributed by atoms with van der Waals surface area (Å²) >= 11 is 0. The number of aromatic nitrogens is 1. The smallest absolute Gasteiger partial charge is 0.490 e. The fourth-order valence-electron chi connectivity index (χ4n) is 3.90. The molecule has 3 aromatic rings. The molecular weight excluding hydrogens is 630 g/mol. The summed E-state index contributed by atoms with van der Waals surface area (Å²) in [6.45, 7) is 5.42. The maximum atomic E-state index is 12.9. The van der Waals surface area contributed by atoms with Crippen molar-refractivity contribution in [3.63, 3.8) is 0 Å². The first kappa shape index (κ1) is 37.4. The van der Waals surface area contributed by atoms with Gasteiger partial charge in [-0.3, -0.25) is 4.79 Å². The van der Waals surface area contributed by atoms with Crippen molar-refractivity contribution in [1.82, 2.24) is 15.2 Å². The topological polar surface area (TPSA) is 164 Å². The molecule has 4 rings (SSSR count). The molecule has 1 saturated heterocycles. The van der Waals surface area contributed by atoms with Gasteiger partial charge in [0.2, 0.25) is 0 Å². The highest BCUT2D eigenvalue weighted by molar-refractivity contribution is 5.94. The third kappa shape index (κ3) is 12.3. The number of anilines is 1. The number of hydrogen-bond donors (Lipinski definition) is 4. The number of pyridine rings is 1. The van der Waals surface area contributed by atoms with Gasteiger partial charge in [0.15, 0.2) is 0 Å². The van der Waals surface area contributed by atoms with Crippen LogP contribution in [-0.4, -0.2) is 89.2 Å². The summed E-state index contributed by atoms with van der Waals surface area (Å²) in [5.41, 5.74) is 6.61. The first-order chi connectivity index (χ1) is 21.5. The van der Waals surface area contributed by atoms with E-state index in [0.717, 1.165) is 42.5 Å². The number of carbonyl (C=O) groups excluding carboxylic acids is 1. The molecule has 0 spiro atoms. The molecule has 0 aliphatic carbocycles. The van der Waals surface area contributed by atoms with Crippen LogP contribution < -0.4 is 20.5 Å². The van der Waals surface area contributed by atoms with E-state index in [-0.39, 0.29) is 12.0 Å². The van der Waals surface area contributed by atoms with Gasteiger partial charge in [0.1, 0.15) is 30.0 Å². The number of benzene rings is 2. The number of carbonyl (C=O) groups is 3. The highest BCUT2D eigenvalue weighted by Crippen LogP contribution is 2.24. The van der Waals surface area contributed by atoms with Gasteiger partial charge in [0, 0.05) is 23.7 Å². The average Bonchev–Trinajstić information content (AvgIpc) is 3.00. The summed E-state index contributed by atoms with van der Waals surface area (Å²) in [5, 5.41) is 19.5. The molecule has 5 N–H and O–H groups in total. The lowest BCUT2D eigenvalue weighted by molar-refractivity contribution is -0.193. The van der Waals surface area contributed by atoms with E-state index in [1.807, 2.05) is 55.5 Å². The van der Waals surface area contributed by atoms with E-state index in [2.05, 4.69) is 10.3 Å². The van der Waals surface area contributed by atoms with Crippen LogP contribution in [0.4, 0.5) is 32.2 Å². The number of carboxylic acids is 2. The second-order valence-corrected chi connectivity index (χ2v) is 9.51. The number of nitrogens with zero attached hydrogens (tertiary/aromatic N) is 2. The Labute approximate surface area is 258 Å². The zero-order valence-corrected chi connectivity index (χ0v) is 24.4. The molecule has 1 amide bonds. The van der Waals surface area contributed by atoms with E-state index in [0.29, 0.717) is 36.8 Å². The number of nitrogens with one attached hydrogen (secondary N) is 1. The van der Waals surface area contributed by atoms with Crippen LogP contribution in [0.2, 0.25) is 0 Å². The molecule has 1 aliphatic heterocycles. The maximum absolute atomic E-state index is 12.9. The Balaban J connectivity index is 0.000000440. The van der Waals surface area contributed by atoms with E-state index in [1.165, 1.54) is 0 Å². The molecular formula is C29H32F6N4O7. The van der Waals surface area contributed by atoms with Crippen LogP contribution in [0, 0.1) is 0 Å². The number of piperidine rings is 1. The fourth-order valence-corrected chi connectivity index (χ4v) is 3.90. The van der Waals surface area contributed by atoms with E-state index < -0.39 is 24.3 Å². The summed E-state index contributed by atoms with van der Waals surface area (Å²) in [6, 6.07) is 15.1. The van der Waals surface area contributed by atoms with Crippen LogP contribution >= 0.6 is 0 Å². The molecule has 1 fully saturated rings. The lowest BCUT2D eigenvalue weighted by Gasteiger charge is -2.24. The Morgan fingerprint density at radius 3 is 2.00 bits per heavy atom. The molecule has 0 radical (unpaired) electrons. The van der Waals surface area contributed by atoms with Gasteiger partial charge in [0.05, 0.1) is 6.54 Å². The van der Waals surface area contributed by atoms with Crippen molar-refractivity contribution < 1.29 is 60.4 Å². The summed E-state index contributed by atoms with van der Waals surface area (Å²) in [5.74, 6) is -3.53. The number of ether oxygens (including phenoxy) is 2. The zero-order chi connectivity index (χ0) is 34.5. The molecule has 0 saturated carbocycles. The number of hydrogen-bond acceptors (Lipinski definition) is 8. The standard InChI is InChI=1S/C25H30N4O3.2C2HF3O2/c1-2-29(15-16-31-22-8-3-18-9-14-28-24(26)23(18)17-22)25(30)19-4-6-20(7-5-19)32-21-10-12-27-13-11-21;2*3-2(4,5)1(6)7/h3-9,14,17,21,27H,2,10-13,15-16H2,1H3,(H2,26,28);2*(H,6,7). The number of fused-ring (bicyclic) bond motifs is 1. The monoisotopic (exact) mass is 662 g/mol. The molecule has 0 bridgehead atoms. The number of rotatable bonds is 8. The summed E-state index contributed by atoms with van der Waals surface area (Å²) in [7, 11) is 0. The molecule has 1 aromatic heterocycles. The molecule has 0 unspecified atom stereocenters. The van der Waals surface area contributed by atoms with Crippen LogP contribution in [0.1, 0.15) is 30.1 Å². The van der Waals surface area contributed by atoms with Crippen LogP contribution in [0.5, 0.6) is 11.5 Å². The van der Waals surface area contributed by atoms with Crippen molar-refractivity contribution in [2.24, 2.45) is 0 Å². The van der Waals surface area contributed by atoms with Crippen LogP contribution in [-0.2, 0) is 9.59 Å². The Morgan fingerprint density at radius 2 is 1.48 bits per heavy atom. The highest BCUT2D eigenvalue weighted by atomic mass is 19.4. The lowest BCUT2D eigenvalue weighted by Crippen LogP contribution is -2.34. The lowest BCUT2D eigenvalue weighted by atomic mass is 10.1. The number of aliphatic carboxylic acids is 2. The van der Waals surface area contributed by atoms with Crippen LogP contribution in [0.3, 0.4) is 0 Å². The quantitative estimate of drug-likeness (QED) is 0.248. The average molecular weight is 663 g/mol. The molecule has 17 heteroatoms. The van der Waals surface area contributed by atoms with Crippen molar-refractivity contribution >= 4 is 34.4 Å². The fraction of sp³-hybridized carbons (Fsp3) is 0.379. The normalized spacial score (nSPS) is 13.4. The minimum atomic E-state index is -5.08. The first-order valence-electron chi connectivity index (χ1n) is 13.7. The molecule has 2 heterocycles. The molecule has 0 atom stereocenters. The third-order valence-electron chi connectivity index (χ3n) is 6.24. The number of amides is 1. The van der Waals surface area contributed by atoms with Gasteiger partial charge < -0.3 is 35.6 Å². The SMILES string of the molecule is CCN(CCOc1ccc2ccnc(N)c2c1)C(=O)c1ccc(OC2CCNCC2)cc1.O=C(O)C(F)(F)F.O=C(O)C(F)(F)F. The Hall–Kier alpha value is -4.80. The number of carboxylic acid groups (broad SMARTS) is 2. The highest BCUT2D eigenvalue weighted by Gasteiger charge is 2.38. The number of nitrogens with two attached hydrogens (primary N) is 1. The van der Waals surface area contributed by atoms with Gasteiger partial charge in [-0.1, -0.05) is 6.07 Å². The van der Waals surface area contributed by atoms with E-state index >= 15 is 0 Å². The summed E-state index contributed by atoms with van der Waals surface area (Å²) in [6.07, 6.45) is -6.23. The van der Waals surface area contributed by atoms with Crippen LogP contribution in [0.15, 0.2) is 54.7 Å². The Bertz CT molecular complexity index is 1420. The third-order valence-corrected chi connectivity index (χ3v) is 6.24. The van der Waals surface area contributed by atoms with Crippen molar-refractivity contribution in [3.8, 4) is 11.5 Å². The van der Waals surface area contributed by atoms with Gasteiger partial charge in [-0.05, 0) is 80.7 Å². The molecule has 252 valence electrons. The first-order valence-corrected chi connectivity index (χ1v) is 13.7. The second kappa shape index (κ2) is 17.0. The molecule has 46 heavy (non-hydrogen) atoms. The Kier molecular flexibility index (Phi) is 13.9. The number of nitrogen functional groups attached to an aromatic ring is 1. The summed E-state index contributed by atoms with van der Waals surface area (Å²) in [4.78, 5) is 36.6. The van der Waals surface area contributed by atoms with Gasteiger partial charge in [-0.25, -0.2) is 14.6 Å².